The molecule has 2 nitrogen and oxygen atoms in total. The molecule has 0 aliphatic heterocycles. The van der Waals surface area contributed by atoms with Crippen LogP contribution in [0, 0.1) is 11.3 Å². The highest BCUT2D eigenvalue weighted by Crippen LogP contribution is 2.22. The Labute approximate surface area is 95.7 Å². The standard InChI is InChI=1S/C12H16N2S/c1-3-14-9-10-5-6-12(15-4-2)11(7-10)8-13/h5-7,14H,3-4,9H2,1-2H3. The van der Waals surface area contributed by atoms with E-state index in [1.165, 1.54) is 5.56 Å². The van der Waals surface area contributed by atoms with E-state index in [1.807, 2.05) is 12.1 Å². The van der Waals surface area contributed by atoms with Crippen molar-refractivity contribution in [1.82, 2.24) is 5.32 Å². The molecule has 0 radical (unpaired) electrons. The van der Waals surface area contributed by atoms with Crippen molar-refractivity contribution in [2.24, 2.45) is 0 Å². The number of nitrogens with one attached hydrogen (secondary N) is 1. The quantitative estimate of drug-likeness (QED) is 0.775. The molecule has 0 aliphatic rings. The predicted molar refractivity (Wildman–Crippen MR) is 64.9 cm³/mol. The number of nitrogens with zero attached hydrogens (tertiary/aromatic N) is 1. The third-order valence-electron chi connectivity index (χ3n) is 2.04. The van der Waals surface area contributed by atoms with Crippen molar-refractivity contribution >= 4 is 11.8 Å². The molecule has 0 heterocycles. The fourth-order valence-electron chi connectivity index (χ4n) is 1.33. The maximum Gasteiger partial charge on any atom is 0.100 e. The number of nitriles is 1. The van der Waals surface area contributed by atoms with Gasteiger partial charge in [0.2, 0.25) is 0 Å². The van der Waals surface area contributed by atoms with Crippen molar-refractivity contribution in [1.29, 1.82) is 5.26 Å². The molecule has 0 bridgehead atoms. The zero-order chi connectivity index (χ0) is 11.1. The van der Waals surface area contributed by atoms with Crippen LogP contribution in [0.15, 0.2) is 23.1 Å². The summed E-state index contributed by atoms with van der Waals surface area (Å²) >= 11 is 1.72. The van der Waals surface area contributed by atoms with E-state index in [9.17, 15) is 0 Å². The molecule has 0 saturated carbocycles. The molecule has 15 heavy (non-hydrogen) atoms. The summed E-state index contributed by atoms with van der Waals surface area (Å²) in [6.45, 7) is 5.96. The first-order valence-corrected chi connectivity index (χ1v) is 6.16. The maximum absolute atomic E-state index is 9.01. The molecule has 0 amide bonds. The van der Waals surface area contributed by atoms with E-state index < -0.39 is 0 Å². The average Bonchev–Trinajstić information content (AvgIpc) is 2.28. The van der Waals surface area contributed by atoms with Gasteiger partial charge in [0.15, 0.2) is 0 Å². The lowest BCUT2D eigenvalue weighted by Gasteiger charge is -2.06. The molecule has 1 aromatic carbocycles. The Bertz CT molecular complexity index is 355. The highest BCUT2D eigenvalue weighted by atomic mass is 32.2. The molecule has 1 rings (SSSR count). The summed E-state index contributed by atoms with van der Waals surface area (Å²) in [6.07, 6.45) is 0. The third kappa shape index (κ3) is 3.58. The van der Waals surface area contributed by atoms with Gasteiger partial charge in [0.05, 0.1) is 5.56 Å². The number of rotatable bonds is 5. The number of hydrogen-bond acceptors (Lipinski definition) is 3. The van der Waals surface area contributed by atoms with E-state index >= 15 is 0 Å². The van der Waals surface area contributed by atoms with Crippen LogP contribution in [-0.4, -0.2) is 12.3 Å². The summed E-state index contributed by atoms with van der Waals surface area (Å²) in [5.74, 6) is 1.00. The van der Waals surface area contributed by atoms with Crippen LogP contribution in [0.25, 0.3) is 0 Å². The molecule has 0 saturated heterocycles. The van der Waals surface area contributed by atoms with Crippen molar-refractivity contribution in [3.8, 4) is 6.07 Å². The zero-order valence-electron chi connectivity index (χ0n) is 9.21. The van der Waals surface area contributed by atoms with Crippen LogP contribution in [0.1, 0.15) is 25.0 Å². The molecule has 3 heteroatoms. The van der Waals surface area contributed by atoms with Crippen LogP contribution in [0.3, 0.4) is 0 Å². The predicted octanol–water partition coefficient (Wildman–Crippen LogP) is 2.78. The van der Waals surface area contributed by atoms with Gasteiger partial charge in [-0.05, 0) is 30.0 Å². The lowest BCUT2D eigenvalue weighted by atomic mass is 10.1. The van der Waals surface area contributed by atoms with Gasteiger partial charge in [-0.25, -0.2) is 0 Å². The monoisotopic (exact) mass is 220 g/mol. The molecule has 1 aromatic rings. The van der Waals surface area contributed by atoms with Crippen molar-refractivity contribution < 1.29 is 0 Å². The molecule has 0 fully saturated rings. The fraction of sp³-hybridized carbons (Fsp3) is 0.417. The Morgan fingerprint density at radius 2 is 2.20 bits per heavy atom. The summed E-state index contributed by atoms with van der Waals surface area (Å²) in [7, 11) is 0. The number of hydrogen-bond donors (Lipinski definition) is 1. The summed E-state index contributed by atoms with van der Waals surface area (Å²) in [4.78, 5) is 1.08. The SMILES string of the molecule is CCNCc1ccc(SCC)c(C#N)c1. The van der Waals surface area contributed by atoms with Gasteiger partial charge in [0.25, 0.3) is 0 Å². The van der Waals surface area contributed by atoms with Crippen molar-refractivity contribution in [3.63, 3.8) is 0 Å². The Balaban J connectivity index is 2.83. The molecule has 0 unspecified atom stereocenters. The number of benzene rings is 1. The van der Waals surface area contributed by atoms with Crippen molar-refractivity contribution in [3.05, 3.63) is 29.3 Å². The molecule has 0 spiro atoms. The maximum atomic E-state index is 9.01. The summed E-state index contributed by atoms with van der Waals surface area (Å²) in [5.41, 5.74) is 1.96. The minimum Gasteiger partial charge on any atom is -0.313 e. The second-order valence-electron chi connectivity index (χ2n) is 3.16. The Morgan fingerprint density at radius 1 is 1.40 bits per heavy atom. The molecular formula is C12H16N2S. The fourth-order valence-corrected chi connectivity index (χ4v) is 2.06. The normalized spacial score (nSPS) is 9.93. The molecule has 0 aliphatic carbocycles. The van der Waals surface area contributed by atoms with Gasteiger partial charge in [-0.2, -0.15) is 5.26 Å². The van der Waals surface area contributed by atoms with E-state index in [1.54, 1.807) is 11.8 Å². The van der Waals surface area contributed by atoms with Gasteiger partial charge in [-0.15, -0.1) is 11.8 Å². The second kappa shape index (κ2) is 6.49. The third-order valence-corrected chi connectivity index (χ3v) is 3.00. The van der Waals surface area contributed by atoms with E-state index in [4.69, 9.17) is 5.26 Å². The van der Waals surface area contributed by atoms with Crippen molar-refractivity contribution in [2.75, 3.05) is 12.3 Å². The van der Waals surface area contributed by atoms with Gasteiger partial charge in [0.1, 0.15) is 6.07 Å². The molecular weight excluding hydrogens is 204 g/mol. The van der Waals surface area contributed by atoms with Crippen molar-refractivity contribution in [2.45, 2.75) is 25.3 Å². The molecule has 80 valence electrons. The lowest BCUT2D eigenvalue weighted by Crippen LogP contribution is -2.11. The van der Waals surface area contributed by atoms with Crippen LogP contribution in [0.5, 0.6) is 0 Å². The Hall–Kier alpha value is -0.980. The van der Waals surface area contributed by atoms with E-state index in [-0.39, 0.29) is 0 Å². The average molecular weight is 220 g/mol. The lowest BCUT2D eigenvalue weighted by molar-refractivity contribution is 0.726. The van der Waals surface area contributed by atoms with Gasteiger partial charge in [0, 0.05) is 11.4 Å². The topological polar surface area (TPSA) is 35.8 Å². The van der Waals surface area contributed by atoms with E-state index in [0.717, 1.165) is 29.3 Å². The largest absolute Gasteiger partial charge is 0.313 e. The van der Waals surface area contributed by atoms with E-state index in [0.29, 0.717) is 0 Å². The molecule has 0 aromatic heterocycles. The van der Waals surface area contributed by atoms with Gasteiger partial charge < -0.3 is 5.32 Å². The highest BCUT2D eigenvalue weighted by Gasteiger charge is 2.02. The molecule has 1 N–H and O–H groups in total. The first kappa shape index (κ1) is 12.1. The summed E-state index contributed by atoms with van der Waals surface area (Å²) in [5, 5.41) is 12.3. The van der Waals surface area contributed by atoms with Gasteiger partial charge in [-0.1, -0.05) is 19.9 Å². The first-order chi connectivity index (χ1) is 7.31. The van der Waals surface area contributed by atoms with Crippen LogP contribution < -0.4 is 5.32 Å². The van der Waals surface area contributed by atoms with Crippen LogP contribution in [-0.2, 0) is 6.54 Å². The minimum atomic E-state index is 0.789. The Kier molecular flexibility index (Phi) is 5.23. The zero-order valence-corrected chi connectivity index (χ0v) is 10.0. The first-order valence-electron chi connectivity index (χ1n) is 5.18. The summed E-state index contributed by atoms with van der Waals surface area (Å²) in [6, 6.07) is 8.35. The summed E-state index contributed by atoms with van der Waals surface area (Å²) < 4.78 is 0. The Morgan fingerprint density at radius 3 is 2.80 bits per heavy atom. The van der Waals surface area contributed by atoms with Crippen LogP contribution >= 0.6 is 11.8 Å². The van der Waals surface area contributed by atoms with E-state index in [2.05, 4.69) is 31.3 Å². The minimum absolute atomic E-state index is 0.789. The number of thioether (sulfide) groups is 1. The van der Waals surface area contributed by atoms with Crippen LogP contribution in [0.4, 0.5) is 0 Å². The highest BCUT2D eigenvalue weighted by molar-refractivity contribution is 7.99. The van der Waals surface area contributed by atoms with Gasteiger partial charge in [-0.3, -0.25) is 0 Å². The van der Waals surface area contributed by atoms with Crippen LogP contribution in [0.2, 0.25) is 0 Å². The smallest absolute Gasteiger partial charge is 0.100 e. The van der Waals surface area contributed by atoms with Gasteiger partial charge >= 0.3 is 0 Å². The second-order valence-corrected chi connectivity index (χ2v) is 4.46. The molecule has 0 atom stereocenters.